The summed E-state index contributed by atoms with van der Waals surface area (Å²) in [6.07, 6.45) is 3.05. The number of nitriles is 1. The summed E-state index contributed by atoms with van der Waals surface area (Å²) in [6.45, 7) is 0.218. The van der Waals surface area contributed by atoms with Crippen LogP contribution in [0.25, 0.3) is 0 Å². The second-order valence-corrected chi connectivity index (χ2v) is 5.23. The SMILES string of the molecule is N#Cc1cc(C(=O)N(Cc2ccccn2)c2ccc(F)cc2)ccn1. The second kappa shape index (κ2) is 7.32. The van der Waals surface area contributed by atoms with Crippen molar-refractivity contribution in [2.75, 3.05) is 4.90 Å². The molecular formula is C19H13FN4O. The molecule has 0 aliphatic rings. The summed E-state index contributed by atoms with van der Waals surface area (Å²) in [4.78, 5) is 22.6. The van der Waals surface area contributed by atoms with Gasteiger partial charge in [-0.15, -0.1) is 0 Å². The van der Waals surface area contributed by atoms with E-state index in [0.717, 1.165) is 0 Å². The predicted molar refractivity (Wildman–Crippen MR) is 90.1 cm³/mol. The molecule has 25 heavy (non-hydrogen) atoms. The molecule has 0 unspecified atom stereocenters. The highest BCUT2D eigenvalue weighted by Crippen LogP contribution is 2.20. The average Bonchev–Trinajstić information content (AvgIpc) is 2.67. The number of carbonyl (C=O) groups is 1. The van der Waals surface area contributed by atoms with Gasteiger partial charge < -0.3 is 4.90 Å². The molecule has 1 amide bonds. The topological polar surface area (TPSA) is 69.9 Å². The van der Waals surface area contributed by atoms with Crippen molar-refractivity contribution in [2.24, 2.45) is 0 Å². The maximum absolute atomic E-state index is 13.2. The maximum atomic E-state index is 13.2. The third kappa shape index (κ3) is 3.85. The first kappa shape index (κ1) is 16.3. The van der Waals surface area contributed by atoms with E-state index in [2.05, 4.69) is 9.97 Å². The van der Waals surface area contributed by atoms with Crippen LogP contribution in [-0.4, -0.2) is 15.9 Å². The van der Waals surface area contributed by atoms with Crippen LogP contribution in [0, 0.1) is 17.1 Å². The first-order chi connectivity index (χ1) is 12.2. The molecule has 2 aromatic heterocycles. The lowest BCUT2D eigenvalue weighted by molar-refractivity contribution is 0.0984. The molecule has 2 heterocycles. The molecular weight excluding hydrogens is 319 g/mol. The number of anilines is 1. The van der Waals surface area contributed by atoms with E-state index in [1.807, 2.05) is 12.1 Å². The van der Waals surface area contributed by atoms with Gasteiger partial charge in [0.2, 0.25) is 0 Å². The average molecular weight is 332 g/mol. The fourth-order valence-corrected chi connectivity index (χ4v) is 2.34. The van der Waals surface area contributed by atoms with Crippen LogP contribution in [0.4, 0.5) is 10.1 Å². The first-order valence-electron chi connectivity index (χ1n) is 7.51. The van der Waals surface area contributed by atoms with E-state index in [4.69, 9.17) is 5.26 Å². The molecule has 0 fully saturated rings. The largest absolute Gasteiger partial charge is 0.302 e. The Morgan fingerprint density at radius 3 is 2.56 bits per heavy atom. The molecule has 5 nitrogen and oxygen atoms in total. The highest BCUT2D eigenvalue weighted by Gasteiger charge is 2.19. The Labute approximate surface area is 144 Å². The van der Waals surface area contributed by atoms with Crippen LogP contribution in [0.15, 0.2) is 67.0 Å². The zero-order valence-corrected chi connectivity index (χ0v) is 13.1. The minimum Gasteiger partial charge on any atom is -0.302 e. The smallest absolute Gasteiger partial charge is 0.258 e. The van der Waals surface area contributed by atoms with Gasteiger partial charge in [-0.05, 0) is 48.5 Å². The zero-order chi connectivity index (χ0) is 17.6. The van der Waals surface area contributed by atoms with Crippen LogP contribution in [-0.2, 0) is 6.54 Å². The van der Waals surface area contributed by atoms with Gasteiger partial charge >= 0.3 is 0 Å². The molecule has 0 N–H and O–H groups in total. The summed E-state index contributed by atoms with van der Waals surface area (Å²) < 4.78 is 13.2. The fraction of sp³-hybridized carbons (Fsp3) is 0.0526. The third-order valence-electron chi connectivity index (χ3n) is 3.55. The van der Waals surface area contributed by atoms with Crippen molar-refractivity contribution >= 4 is 11.6 Å². The van der Waals surface area contributed by atoms with E-state index < -0.39 is 0 Å². The molecule has 3 aromatic rings. The van der Waals surface area contributed by atoms with Crippen LogP contribution < -0.4 is 4.90 Å². The van der Waals surface area contributed by atoms with Crippen molar-refractivity contribution in [3.63, 3.8) is 0 Å². The van der Waals surface area contributed by atoms with Gasteiger partial charge in [0, 0.05) is 23.6 Å². The van der Waals surface area contributed by atoms with Gasteiger partial charge in [-0.3, -0.25) is 9.78 Å². The van der Waals surface area contributed by atoms with Crippen LogP contribution in [0.3, 0.4) is 0 Å². The molecule has 3 rings (SSSR count). The molecule has 0 radical (unpaired) electrons. The van der Waals surface area contributed by atoms with E-state index >= 15 is 0 Å². The predicted octanol–water partition coefficient (Wildman–Crippen LogP) is 3.33. The van der Waals surface area contributed by atoms with Crippen molar-refractivity contribution in [3.8, 4) is 6.07 Å². The van der Waals surface area contributed by atoms with Crippen LogP contribution in [0.2, 0.25) is 0 Å². The first-order valence-corrected chi connectivity index (χ1v) is 7.51. The Kier molecular flexibility index (Phi) is 4.77. The number of aromatic nitrogens is 2. The fourth-order valence-electron chi connectivity index (χ4n) is 2.34. The lowest BCUT2D eigenvalue weighted by atomic mass is 10.1. The second-order valence-electron chi connectivity index (χ2n) is 5.23. The number of benzene rings is 1. The number of halogens is 1. The van der Waals surface area contributed by atoms with Gasteiger partial charge in [-0.2, -0.15) is 5.26 Å². The lowest BCUT2D eigenvalue weighted by Gasteiger charge is -2.22. The monoisotopic (exact) mass is 332 g/mol. The van der Waals surface area contributed by atoms with Crippen molar-refractivity contribution in [1.29, 1.82) is 5.26 Å². The normalized spacial score (nSPS) is 10.1. The number of rotatable bonds is 4. The molecule has 0 saturated heterocycles. The lowest BCUT2D eigenvalue weighted by Crippen LogP contribution is -2.30. The van der Waals surface area contributed by atoms with Crippen molar-refractivity contribution in [3.05, 3.63) is 89.8 Å². The van der Waals surface area contributed by atoms with Crippen molar-refractivity contribution < 1.29 is 9.18 Å². The van der Waals surface area contributed by atoms with Crippen molar-refractivity contribution in [1.82, 2.24) is 9.97 Å². The van der Waals surface area contributed by atoms with Gasteiger partial charge in [0.25, 0.3) is 5.91 Å². The standard InChI is InChI=1S/C19H13FN4O/c20-15-4-6-18(7-5-15)24(13-16-3-1-2-9-22-16)19(25)14-8-10-23-17(11-14)12-21/h1-11H,13H2. The number of nitrogens with zero attached hydrogens (tertiary/aromatic N) is 4. The Balaban J connectivity index is 1.99. The molecule has 0 spiro atoms. The van der Waals surface area contributed by atoms with E-state index in [0.29, 0.717) is 16.9 Å². The van der Waals surface area contributed by atoms with Crippen molar-refractivity contribution in [2.45, 2.75) is 6.54 Å². The molecule has 0 atom stereocenters. The molecule has 0 bridgehead atoms. The number of hydrogen-bond acceptors (Lipinski definition) is 4. The van der Waals surface area contributed by atoms with E-state index in [1.165, 1.54) is 47.5 Å². The van der Waals surface area contributed by atoms with Gasteiger partial charge in [0.1, 0.15) is 17.6 Å². The minimum absolute atomic E-state index is 0.155. The quantitative estimate of drug-likeness (QED) is 0.735. The number of pyridine rings is 2. The summed E-state index contributed by atoms with van der Waals surface area (Å²) in [7, 11) is 0. The third-order valence-corrected chi connectivity index (χ3v) is 3.55. The molecule has 0 aliphatic carbocycles. The Hall–Kier alpha value is -3.59. The van der Waals surface area contributed by atoms with E-state index in [9.17, 15) is 9.18 Å². The van der Waals surface area contributed by atoms with E-state index in [-0.39, 0.29) is 24.0 Å². The summed E-state index contributed by atoms with van der Waals surface area (Å²) in [5, 5.41) is 8.98. The van der Waals surface area contributed by atoms with Gasteiger partial charge in [0.15, 0.2) is 0 Å². The Morgan fingerprint density at radius 2 is 1.88 bits per heavy atom. The number of carbonyl (C=O) groups excluding carboxylic acids is 1. The highest BCUT2D eigenvalue weighted by molar-refractivity contribution is 6.06. The Bertz CT molecular complexity index is 920. The van der Waals surface area contributed by atoms with Gasteiger partial charge in [-0.25, -0.2) is 9.37 Å². The molecule has 1 aromatic carbocycles. The molecule has 122 valence electrons. The summed E-state index contributed by atoms with van der Waals surface area (Å²) in [5.74, 6) is -0.708. The molecule has 0 aliphatic heterocycles. The number of hydrogen-bond donors (Lipinski definition) is 0. The number of amides is 1. The molecule has 0 saturated carbocycles. The van der Waals surface area contributed by atoms with Crippen LogP contribution in [0.5, 0.6) is 0 Å². The van der Waals surface area contributed by atoms with E-state index in [1.54, 1.807) is 18.3 Å². The highest BCUT2D eigenvalue weighted by atomic mass is 19.1. The van der Waals surface area contributed by atoms with Gasteiger partial charge in [-0.1, -0.05) is 6.07 Å². The summed E-state index contributed by atoms with van der Waals surface area (Å²) in [5.41, 5.74) is 1.71. The van der Waals surface area contributed by atoms with Gasteiger partial charge in [0.05, 0.1) is 12.2 Å². The molecule has 6 heteroatoms. The Morgan fingerprint density at radius 1 is 1.08 bits per heavy atom. The minimum atomic E-state index is -0.385. The van der Waals surface area contributed by atoms with Crippen LogP contribution in [0.1, 0.15) is 21.7 Å². The maximum Gasteiger partial charge on any atom is 0.258 e. The summed E-state index contributed by atoms with van der Waals surface area (Å²) >= 11 is 0. The van der Waals surface area contributed by atoms with Crippen LogP contribution >= 0.6 is 0 Å². The zero-order valence-electron chi connectivity index (χ0n) is 13.1. The summed E-state index contributed by atoms with van der Waals surface area (Å²) in [6, 6.07) is 15.9.